The third-order valence-electron chi connectivity index (χ3n) is 2.26. The normalized spacial score (nSPS) is 15.7. The van der Waals surface area contributed by atoms with Crippen LogP contribution < -0.4 is 0 Å². The van der Waals surface area contributed by atoms with Crippen LogP contribution in [0, 0.1) is 0 Å². The maximum Gasteiger partial charge on any atom is 0.432 e. The molecule has 0 aliphatic rings. The van der Waals surface area contributed by atoms with Gasteiger partial charge in [0.1, 0.15) is 0 Å². The predicted molar refractivity (Wildman–Crippen MR) is 51.4 cm³/mol. The molecule has 94 valence electrons. The van der Waals surface area contributed by atoms with Crippen molar-refractivity contribution in [1.29, 1.82) is 0 Å². The van der Waals surface area contributed by atoms with Crippen LogP contribution in [0.1, 0.15) is 11.1 Å². The highest BCUT2D eigenvalue weighted by Gasteiger charge is 2.63. The molecule has 0 heterocycles. The Kier molecular flexibility index (Phi) is 3.54. The molecule has 0 N–H and O–H groups in total. The van der Waals surface area contributed by atoms with Gasteiger partial charge in [0.25, 0.3) is 12.1 Å². The Morgan fingerprint density at radius 3 is 2.12 bits per heavy atom. The van der Waals surface area contributed by atoms with Crippen molar-refractivity contribution in [1.82, 2.24) is 0 Å². The summed E-state index contributed by atoms with van der Waals surface area (Å²) in [4.78, 5) is 0. The van der Waals surface area contributed by atoms with Crippen molar-refractivity contribution >= 4 is 6.08 Å². The molecular formula is C11H8F6. The average Bonchev–Trinajstić information content (AvgIpc) is 2.26. The van der Waals surface area contributed by atoms with Gasteiger partial charge in [-0.1, -0.05) is 30.9 Å². The van der Waals surface area contributed by atoms with Crippen LogP contribution in [0.2, 0.25) is 0 Å². The minimum atomic E-state index is -5.68. The van der Waals surface area contributed by atoms with Crippen LogP contribution in [0.15, 0.2) is 30.8 Å². The van der Waals surface area contributed by atoms with E-state index in [4.69, 9.17) is 0 Å². The van der Waals surface area contributed by atoms with Gasteiger partial charge in [0.15, 0.2) is 0 Å². The third-order valence-corrected chi connectivity index (χ3v) is 2.26. The lowest BCUT2D eigenvalue weighted by molar-refractivity contribution is -0.274. The van der Waals surface area contributed by atoms with Gasteiger partial charge in [0, 0.05) is 5.56 Å². The van der Waals surface area contributed by atoms with Crippen LogP contribution in [0.25, 0.3) is 6.08 Å². The van der Waals surface area contributed by atoms with E-state index >= 15 is 0 Å². The largest absolute Gasteiger partial charge is 0.432 e. The van der Waals surface area contributed by atoms with E-state index < -0.39 is 23.8 Å². The van der Waals surface area contributed by atoms with Gasteiger partial charge in [-0.25, -0.2) is 13.2 Å². The van der Waals surface area contributed by atoms with Crippen molar-refractivity contribution in [3.63, 3.8) is 0 Å². The number of halogens is 6. The first-order valence-electron chi connectivity index (χ1n) is 4.50. The summed E-state index contributed by atoms with van der Waals surface area (Å²) < 4.78 is 75.5. The maximum absolute atomic E-state index is 13.6. The first-order chi connectivity index (χ1) is 7.73. The first-order valence-corrected chi connectivity index (χ1v) is 4.50. The summed E-state index contributed by atoms with van der Waals surface area (Å²) in [6.07, 6.45) is -8.73. The van der Waals surface area contributed by atoms with Crippen molar-refractivity contribution in [2.24, 2.45) is 0 Å². The molecule has 1 aromatic rings. The van der Waals surface area contributed by atoms with Crippen molar-refractivity contribution in [3.05, 3.63) is 42.0 Å². The quantitative estimate of drug-likeness (QED) is 0.704. The van der Waals surface area contributed by atoms with Crippen molar-refractivity contribution < 1.29 is 26.3 Å². The van der Waals surface area contributed by atoms with Gasteiger partial charge in [-0.05, 0) is 11.6 Å². The monoisotopic (exact) mass is 254 g/mol. The Balaban J connectivity index is 3.37. The fourth-order valence-corrected chi connectivity index (χ4v) is 1.31. The van der Waals surface area contributed by atoms with E-state index in [9.17, 15) is 26.3 Å². The molecule has 1 unspecified atom stereocenters. The summed E-state index contributed by atoms with van der Waals surface area (Å²) >= 11 is 0. The molecule has 0 radical (unpaired) electrons. The van der Waals surface area contributed by atoms with Crippen LogP contribution in [0.4, 0.5) is 26.3 Å². The summed E-state index contributed by atoms with van der Waals surface area (Å²) in [6.45, 7) is 3.27. The first kappa shape index (κ1) is 13.6. The van der Waals surface area contributed by atoms with Crippen LogP contribution in [-0.4, -0.2) is 12.6 Å². The average molecular weight is 254 g/mol. The van der Waals surface area contributed by atoms with Gasteiger partial charge in [-0.15, -0.1) is 0 Å². The summed E-state index contributed by atoms with van der Waals surface area (Å²) in [7, 11) is 0. The summed E-state index contributed by atoms with van der Waals surface area (Å²) in [5, 5.41) is 0. The Hall–Kier alpha value is -1.46. The molecule has 0 spiro atoms. The Bertz CT molecular complexity index is 409. The minimum absolute atomic E-state index is 0.134. The van der Waals surface area contributed by atoms with Crippen LogP contribution >= 0.6 is 0 Å². The molecule has 0 amide bonds. The fraction of sp³-hybridized carbons (Fsp3) is 0.273. The van der Waals surface area contributed by atoms with E-state index in [1.807, 2.05) is 0 Å². The van der Waals surface area contributed by atoms with E-state index in [1.165, 1.54) is 6.07 Å². The van der Waals surface area contributed by atoms with Gasteiger partial charge in [-0.2, -0.15) is 13.2 Å². The van der Waals surface area contributed by atoms with Gasteiger partial charge in [0.2, 0.25) is 0 Å². The molecule has 0 aliphatic heterocycles. The number of alkyl halides is 6. The lowest BCUT2D eigenvalue weighted by Gasteiger charge is -2.27. The third kappa shape index (κ3) is 2.30. The van der Waals surface area contributed by atoms with Gasteiger partial charge < -0.3 is 0 Å². The Morgan fingerprint density at radius 1 is 1.12 bits per heavy atom. The standard InChI is InChI=1S/C11H8F6/c1-2-7-4-3-5-8(6-7)10(14,9(12)13)11(15,16)17/h2-6,9H,1H2. The van der Waals surface area contributed by atoms with Crippen molar-refractivity contribution in [3.8, 4) is 0 Å². The highest BCUT2D eigenvalue weighted by atomic mass is 19.4. The van der Waals surface area contributed by atoms with E-state index in [-0.39, 0.29) is 5.56 Å². The fourth-order valence-electron chi connectivity index (χ4n) is 1.31. The molecule has 0 fully saturated rings. The molecule has 0 bridgehead atoms. The second kappa shape index (κ2) is 4.43. The van der Waals surface area contributed by atoms with E-state index in [0.29, 0.717) is 12.1 Å². The number of hydrogen-bond donors (Lipinski definition) is 0. The topological polar surface area (TPSA) is 0 Å². The highest BCUT2D eigenvalue weighted by Crippen LogP contribution is 2.47. The van der Waals surface area contributed by atoms with Crippen molar-refractivity contribution in [2.45, 2.75) is 18.3 Å². The molecule has 1 rings (SSSR count). The molecule has 0 nitrogen and oxygen atoms in total. The summed E-state index contributed by atoms with van der Waals surface area (Å²) in [6, 6.07) is 3.77. The lowest BCUT2D eigenvalue weighted by atomic mass is 9.94. The zero-order valence-corrected chi connectivity index (χ0v) is 8.44. The number of benzene rings is 1. The van der Waals surface area contributed by atoms with Crippen LogP contribution in [0.5, 0.6) is 0 Å². The number of rotatable bonds is 3. The van der Waals surface area contributed by atoms with E-state index in [2.05, 4.69) is 6.58 Å². The van der Waals surface area contributed by atoms with Gasteiger partial charge >= 0.3 is 6.18 Å². The molecule has 0 saturated carbocycles. The smallest absolute Gasteiger partial charge is 0.222 e. The lowest BCUT2D eigenvalue weighted by Crippen LogP contribution is -2.44. The van der Waals surface area contributed by atoms with E-state index in [1.54, 1.807) is 0 Å². The molecule has 6 heteroatoms. The Labute approximate surface area is 93.6 Å². The second-order valence-corrected chi connectivity index (χ2v) is 3.34. The van der Waals surface area contributed by atoms with Crippen LogP contribution in [0.3, 0.4) is 0 Å². The van der Waals surface area contributed by atoms with Crippen molar-refractivity contribution in [2.75, 3.05) is 0 Å². The minimum Gasteiger partial charge on any atom is -0.222 e. The predicted octanol–water partition coefficient (Wildman–Crippen LogP) is 4.32. The molecule has 0 saturated heterocycles. The zero-order valence-electron chi connectivity index (χ0n) is 8.44. The zero-order chi connectivity index (χ0) is 13.3. The maximum atomic E-state index is 13.6. The molecule has 1 aromatic carbocycles. The van der Waals surface area contributed by atoms with Crippen LogP contribution in [-0.2, 0) is 5.67 Å². The SMILES string of the molecule is C=Cc1cccc(C(F)(C(F)F)C(F)(F)F)c1. The Morgan fingerprint density at radius 2 is 1.71 bits per heavy atom. The molecule has 0 aliphatic carbocycles. The number of hydrogen-bond acceptors (Lipinski definition) is 0. The summed E-state index contributed by atoms with van der Waals surface area (Å²) in [5.74, 6) is 0. The highest BCUT2D eigenvalue weighted by molar-refractivity contribution is 5.49. The van der Waals surface area contributed by atoms with Gasteiger partial charge in [-0.3, -0.25) is 0 Å². The summed E-state index contributed by atoms with van der Waals surface area (Å²) in [5.41, 5.74) is -5.65. The molecule has 0 aromatic heterocycles. The molecular weight excluding hydrogens is 246 g/mol. The second-order valence-electron chi connectivity index (χ2n) is 3.34. The molecule has 17 heavy (non-hydrogen) atoms. The van der Waals surface area contributed by atoms with Gasteiger partial charge in [0.05, 0.1) is 0 Å². The van der Waals surface area contributed by atoms with E-state index in [0.717, 1.165) is 12.1 Å². The molecule has 1 atom stereocenters.